The number of nitrogens with zero attached hydrogens (tertiary/aromatic N) is 1. The van der Waals surface area contributed by atoms with Gasteiger partial charge in [0.2, 0.25) is 5.91 Å². The average Bonchev–Trinajstić information content (AvgIpc) is 3.15. The molecule has 6 nitrogen and oxygen atoms in total. The van der Waals surface area contributed by atoms with E-state index in [0.29, 0.717) is 32.6 Å². The van der Waals surface area contributed by atoms with Crippen LogP contribution >= 0.6 is 11.3 Å². The molecule has 0 unspecified atom stereocenters. The molecule has 0 atom stereocenters. The van der Waals surface area contributed by atoms with Crippen molar-refractivity contribution in [2.45, 2.75) is 12.8 Å². The summed E-state index contributed by atoms with van der Waals surface area (Å²) in [5.74, 6) is 0.492. The molecule has 30 heavy (non-hydrogen) atoms. The van der Waals surface area contributed by atoms with E-state index in [1.54, 1.807) is 24.4 Å². The van der Waals surface area contributed by atoms with Crippen molar-refractivity contribution >= 4 is 22.9 Å². The van der Waals surface area contributed by atoms with Crippen molar-refractivity contribution < 1.29 is 32.2 Å². The highest BCUT2D eigenvalue weighted by Gasteiger charge is 2.31. The van der Waals surface area contributed by atoms with E-state index < -0.39 is 6.36 Å². The number of rotatable bonds is 7. The maximum Gasteiger partial charge on any atom is 0.573 e. The Morgan fingerprint density at radius 3 is 2.40 bits per heavy atom. The first-order chi connectivity index (χ1) is 14.3. The number of carbonyl (C=O) groups is 1. The summed E-state index contributed by atoms with van der Waals surface area (Å²) in [7, 11) is 3.03. The number of hydrogen-bond acceptors (Lipinski definition) is 6. The van der Waals surface area contributed by atoms with Crippen LogP contribution in [0.3, 0.4) is 0 Å². The quantitative estimate of drug-likeness (QED) is 0.568. The molecule has 1 amide bonds. The van der Waals surface area contributed by atoms with Gasteiger partial charge in [-0.25, -0.2) is 4.98 Å². The summed E-state index contributed by atoms with van der Waals surface area (Å²) in [6.45, 7) is 0. The first-order valence-electron chi connectivity index (χ1n) is 8.60. The largest absolute Gasteiger partial charge is 0.573 e. The predicted molar refractivity (Wildman–Crippen MR) is 106 cm³/mol. The zero-order valence-corrected chi connectivity index (χ0v) is 16.8. The van der Waals surface area contributed by atoms with Crippen LogP contribution in [0.4, 0.5) is 18.9 Å². The molecule has 10 heteroatoms. The molecule has 3 rings (SSSR count). The van der Waals surface area contributed by atoms with Crippen molar-refractivity contribution in [3.05, 3.63) is 53.5 Å². The minimum absolute atomic E-state index is 0.0985. The third kappa shape index (κ3) is 5.63. The molecule has 3 aromatic rings. The van der Waals surface area contributed by atoms with Gasteiger partial charge in [0.05, 0.1) is 20.6 Å². The highest BCUT2D eigenvalue weighted by Crippen LogP contribution is 2.31. The van der Waals surface area contributed by atoms with E-state index >= 15 is 0 Å². The van der Waals surface area contributed by atoms with Crippen LogP contribution in [0.2, 0.25) is 0 Å². The molecule has 0 fully saturated rings. The van der Waals surface area contributed by atoms with E-state index in [0.717, 1.165) is 0 Å². The molecule has 1 heterocycles. The number of alkyl halides is 3. The number of ether oxygens (including phenoxy) is 3. The predicted octanol–water partition coefficient (Wildman–Crippen LogP) is 4.91. The van der Waals surface area contributed by atoms with Crippen LogP contribution in [0.15, 0.2) is 48.7 Å². The van der Waals surface area contributed by atoms with Gasteiger partial charge in [0.15, 0.2) is 11.5 Å². The number of methoxy groups -OCH3 is 2. The zero-order valence-electron chi connectivity index (χ0n) is 15.9. The molecule has 158 valence electrons. The van der Waals surface area contributed by atoms with Crippen LogP contribution in [0.5, 0.6) is 17.2 Å². The molecule has 0 aliphatic rings. The maximum atomic E-state index is 12.3. The van der Waals surface area contributed by atoms with E-state index in [1.165, 1.54) is 49.8 Å². The number of halogens is 3. The third-order valence-electron chi connectivity index (χ3n) is 3.89. The van der Waals surface area contributed by atoms with Crippen molar-refractivity contribution in [2.75, 3.05) is 19.5 Å². The summed E-state index contributed by atoms with van der Waals surface area (Å²) in [6, 6.07) is 10.4. The number of nitrogens with one attached hydrogen (secondary N) is 1. The number of thiazole rings is 1. The molecule has 2 aromatic carbocycles. The molecule has 1 N–H and O–H groups in total. The fourth-order valence-corrected chi connectivity index (χ4v) is 3.52. The minimum atomic E-state index is -4.74. The van der Waals surface area contributed by atoms with Crippen LogP contribution in [-0.2, 0) is 11.2 Å². The lowest BCUT2D eigenvalue weighted by molar-refractivity contribution is -0.274. The minimum Gasteiger partial charge on any atom is -0.493 e. The lowest BCUT2D eigenvalue weighted by Crippen LogP contribution is -2.16. The normalized spacial score (nSPS) is 11.1. The Balaban J connectivity index is 1.63. The second kappa shape index (κ2) is 9.04. The van der Waals surface area contributed by atoms with Gasteiger partial charge in [0, 0.05) is 28.4 Å². The molecule has 0 saturated carbocycles. The smallest absolute Gasteiger partial charge is 0.493 e. The summed E-state index contributed by atoms with van der Waals surface area (Å²) >= 11 is 1.28. The summed E-state index contributed by atoms with van der Waals surface area (Å²) in [5.41, 5.74) is 1.18. The number of hydrogen-bond donors (Lipinski definition) is 1. The molecular weight excluding hydrogens is 421 g/mol. The first kappa shape index (κ1) is 21.4. The molecule has 0 saturated heterocycles. The van der Waals surface area contributed by atoms with E-state index in [1.807, 2.05) is 0 Å². The van der Waals surface area contributed by atoms with Gasteiger partial charge in [0.25, 0.3) is 0 Å². The van der Waals surface area contributed by atoms with Gasteiger partial charge in [-0.2, -0.15) is 0 Å². The van der Waals surface area contributed by atoms with Crippen LogP contribution in [0.1, 0.15) is 4.88 Å². The van der Waals surface area contributed by atoms with Gasteiger partial charge in [0.1, 0.15) is 10.8 Å². The lowest BCUT2D eigenvalue weighted by atomic mass is 10.2. The Kier molecular flexibility index (Phi) is 6.46. The number of benzene rings is 2. The van der Waals surface area contributed by atoms with Crippen LogP contribution in [0.25, 0.3) is 10.6 Å². The van der Waals surface area contributed by atoms with Gasteiger partial charge in [-0.05, 0) is 36.4 Å². The molecule has 0 radical (unpaired) electrons. The molecule has 0 spiro atoms. The van der Waals surface area contributed by atoms with Gasteiger partial charge in [-0.3, -0.25) is 4.79 Å². The monoisotopic (exact) mass is 438 g/mol. The third-order valence-corrected chi connectivity index (χ3v) is 4.94. The number of aromatic nitrogens is 1. The Bertz CT molecular complexity index is 1020. The van der Waals surface area contributed by atoms with Crippen molar-refractivity contribution in [3.63, 3.8) is 0 Å². The summed E-state index contributed by atoms with van der Waals surface area (Å²) in [4.78, 5) is 17.3. The molecular formula is C20H17F3N2O4S. The van der Waals surface area contributed by atoms with Gasteiger partial charge in [-0.15, -0.1) is 24.5 Å². The van der Waals surface area contributed by atoms with Gasteiger partial charge in [-0.1, -0.05) is 0 Å². The second-order valence-corrected chi connectivity index (χ2v) is 7.11. The Morgan fingerprint density at radius 2 is 1.77 bits per heavy atom. The van der Waals surface area contributed by atoms with E-state index in [-0.39, 0.29) is 18.1 Å². The van der Waals surface area contributed by atoms with E-state index in [4.69, 9.17) is 9.47 Å². The lowest BCUT2D eigenvalue weighted by Gasteiger charge is -2.10. The van der Waals surface area contributed by atoms with Crippen molar-refractivity contribution in [2.24, 2.45) is 0 Å². The van der Waals surface area contributed by atoms with Crippen molar-refractivity contribution in [1.29, 1.82) is 0 Å². The Hall–Kier alpha value is -3.27. The average molecular weight is 438 g/mol. The molecule has 0 bridgehead atoms. The highest BCUT2D eigenvalue weighted by atomic mass is 32.1. The van der Waals surface area contributed by atoms with Crippen molar-refractivity contribution in [3.8, 4) is 27.8 Å². The standard InChI is InChI=1S/C20H17F3N2O4S/c1-27-16-8-5-13(9-17(16)28-2)25-18(26)10-15-11-24-19(30-15)12-3-6-14(7-4-12)29-20(21,22)23/h3-9,11H,10H2,1-2H3,(H,25,26). The fraction of sp³-hybridized carbons (Fsp3) is 0.200. The molecule has 1 aromatic heterocycles. The van der Waals surface area contributed by atoms with E-state index in [2.05, 4.69) is 15.0 Å². The van der Waals surface area contributed by atoms with Crippen LogP contribution in [-0.4, -0.2) is 31.5 Å². The Morgan fingerprint density at radius 1 is 1.07 bits per heavy atom. The van der Waals surface area contributed by atoms with Gasteiger partial charge >= 0.3 is 6.36 Å². The highest BCUT2D eigenvalue weighted by molar-refractivity contribution is 7.15. The topological polar surface area (TPSA) is 69.7 Å². The SMILES string of the molecule is COc1ccc(NC(=O)Cc2cnc(-c3ccc(OC(F)(F)F)cc3)s2)cc1OC. The molecule has 0 aliphatic carbocycles. The number of amides is 1. The summed E-state index contributed by atoms with van der Waals surface area (Å²) in [6.07, 6.45) is -3.08. The van der Waals surface area contributed by atoms with Crippen LogP contribution in [0, 0.1) is 0 Å². The van der Waals surface area contributed by atoms with Gasteiger partial charge < -0.3 is 19.5 Å². The zero-order chi connectivity index (χ0) is 21.7. The maximum absolute atomic E-state index is 12.3. The Labute approximate surface area is 174 Å². The van der Waals surface area contributed by atoms with Crippen molar-refractivity contribution in [1.82, 2.24) is 4.98 Å². The second-order valence-electron chi connectivity index (χ2n) is 6.00. The van der Waals surface area contributed by atoms with E-state index in [9.17, 15) is 18.0 Å². The summed E-state index contributed by atoms with van der Waals surface area (Å²) < 4.78 is 50.9. The fourth-order valence-electron chi connectivity index (χ4n) is 2.60. The number of carbonyl (C=O) groups excluding carboxylic acids is 1. The summed E-state index contributed by atoms with van der Waals surface area (Å²) in [5, 5.41) is 3.36. The molecule has 0 aliphatic heterocycles. The number of anilines is 1. The first-order valence-corrected chi connectivity index (χ1v) is 9.42. The van der Waals surface area contributed by atoms with Crippen LogP contribution < -0.4 is 19.5 Å².